The number of carbonyl (C=O) groups is 1. The molecule has 0 N–H and O–H groups in total. The van der Waals surface area contributed by atoms with Crippen molar-refractivity contribution in [2.75, 3.05) is 33.4 Å². The highest BCUT2D eigenvalue weighted by molar-refractivity contribution is 7.23. The van der Waals surface area contributed by atoms with Crippen molar-refractivity contribution >= 4 is 32.4 Å². The Morgan fingerprint density at radius 2 is 2.04 bits per heavy atom. The van der Waals surface area contributed by atoms with Gasteiger partial charge in [-0.05, 0) is 30.3 Å². The first-order valence-corrected chi connectivity index (χ1v) is 9.98. The van der Waals surface area contributed by atoms with Crippen LogP contribution in [0.5, 0.6) is 5.75 Å². The molecule has 1 fully saturated rings. The van der Waals surface area contributed by atoms with Crippen LogP contribution in [0.1, 0.15) is 10.4 Å². The van der Waals surface area contributed by atoms with E-state index in [0.717, 1.165) is 32.2 Å². The largest absolute Gasteiger partial charge is 0.497 e. The maximum atomic E-state index is 12.7. The number of hydrogen-bond donors (Lipinski definition) is 0. The van der Waals surface area contributed by atoms with Gasteiger partial charge < -0.3 is 14.4 Å². The van der Waals surface area contributed by atoms with Gasteiger partial charge in [0, 0.05) is 30.4 Å². The number of nitrogens with zero attached hydrogens (tertiary/aromatic N) is 3. The number of carbonyl (C=O) groups excluding carboxylic acids is 1. The van der Waals surface area contributed by atoms with Crippen LogP contribution in [0.2, 0.25) is 0 Å². The summed E-state index contributed by atoms with van der Waals surface area (Å²) in [5.41, 5.74) is 3.69. The molecule has 0 unspecified atom stereocenters. The number of fused-ring (bicyclic) bond motifs is 3. The van der Waals surface area contributed by atoms with Crippen molar-refractivity contribution in [1.82, 2.24) is 14.3 Å². The first kappa shape index (κ1) is 17.2. The average molecular weight is 393 g/mol. The standard InChI is InChI=1S/C21H19N3O3S/c1-26-16-4-2-3-14(11-16)17-13-24-18-6-5-15(12-19(18)28-21(24)22-17)20(25)23-7-9-27-10-8-23/h2-6,11-13H,7-10H2,1H3. The third-order valence-electron chi connectivity index (χ3n) is 5.00. The molecule has 1 aliphatic rings. The normalized spacial score (nSPS) is 14.7. The first-order valence-electron chi connectivity index (χ1n) is 9.16. The molecule has 0 spiro atoms. The lowest BCUT2D eigenvalue weighted by atomic mass is 10.1. The van der Waals surface area contributed by atoms with Gasteiger partial charge in [0.1, 0.15) is 5.75 Å². The topological polar surface area (TPSA) is 56.1 Å². The molecule has 142 valence electrons. The Hall–Kier alpha value is -2.90. The predicted octanol–water partition coefficient (Wildman–Crippen LogP) is 3.70. The summed E-state index contributed by atoms with van der Waals surface area (Å²) in [6.07, 6.45) is 2.03. The van der Waals surface area contributed by atoms with Crippen LogP contribution in [-0.4, -0.2) is 53.6 Å². The van der Waals surface area contributed by atoms with E-state index in [0.29, 0.717) is 31.9 Å². The molecule has 0 aliphatic carbocycles. The lowest BCUT2D eigenvalue weighted by Crippen LogP contribution is -2.40. The molecular weight excluding hydrogens is 374 g/mol. The maximum absolute atomic E-state index is 12.7. The number of morpholine rings is 1. The van der Waals surface area contributed by atoms with E-state index in [1.165, 1.54) is 0 Å². The van der Waals surface area contributed by atoms with Crippen LogP contribution in [0.25, 0.3) is 26.4 Å². The molecule has 4 aromatic rings. The predicted molar refractivity (Wildman–Crippen MR) is 109 cm³/mol. The molecular formula is C21H19N3O3S. The highest BCUT2D eigenvalue weighted by Gasteiger charge is 2.19. The van der Waals surface area contributed by atoms with Gasteiger partial charge in [-0.25, -0.2) is 4.98 Å². The van der Waals surface area contributed by atoms with Crippen LogP contribution in [0.4, 0.5) is 0 Å². The number of rotatable bonds is 3. The van der Waals surface area contributed by atoms with E-state index >= 15 is 0 Å². The smallest absolute Gasteiger partial charge is 0.254 e. The second-order valence-corrected chi connectivity index (χ2v) is 7.71. The molecule has 1 aliphatic heterocycles. The fourth-order valence-electron chi connectivity index (χ4n) is 3.50. The number of hydrogen-bond acceptors (Lipinski definition) is 5. The van der Waals surface area contributed by atoms with Crippen molar-refractivity contribution in [3.05, 3.63) is 54.2 Å². The molecule has 2 aromatic carbocycles. The van der Waals surface area contributed by atoms with Gasteiger partial charge >= 0.3 is 0 Å². The number of thiazole rings is 1. The molecule has 1 amide bonds. The van der Waals surface area contributed by atoms with Crippen LogP contribution in [-0.2, 0) is 4.74 Å². The number of methoxy groups -OCH3 is 1. The second-order valence-electron chi connectivity index (χ2n) is 6.70. The number of benzene rings is 2. The van der Waals surface area contributed by atoms with Gasteiger partial charge in [-0.2, -0.15) is 0 Å². The second kappa shape index (κ2) is 6.92. The van der Waals surface area contributed by atoms with Gasteiger partial charge in [0.2, 0.25) is 0 Å². The van der Waals surface area contributed by atoms with Crippen molar-refractivity contribution < 1.29 is 14.3 Å². The van der Waals surface area contributed by atoms with E-state index in [1.54, 1.807) is 18.4 Å². The zero-order chi connectivity index (χ0) is 19.1. The van der Waals surface area contributed by atoms with E-state index < -0.39 is 0 Å². The third kappa shape index (κ3) is 2.93. The summed E-state index contributed by atoms with van der Waals surface area (Å²) in [4.78, 5) is 20.3. The molecule has 3 heterocycles. The lowest BCUT2D eigenvalue weighted by Gasteiger charge is -2.26. The quantitative estimate of drug-likeness (QED) is 0.533. The van der Waals surface area contributed by atoms with E-state index in [9.17, 15) is 4.79 Å². The highest BCUT2D eigenvalue weighted by Crippen LogP contribution is 2.31. The molecule has 5 rings (SSSR count). The molecule has 1 saturated heterocycles. The minimum absolute atomic E-state index is 0.0632. The minimum atomic E-state index is 0.0632. The summed E-state index contributed by atoms with van der Waals surface area (Å²) in [6, 6.07) is 13.8. The van der Waals surface area contributed by atoms with Crippen molar-refractivity contribution in [3.63, 3.8) is 0 Å². The number of imidazole rings is 1. The van der Waals surface area contributed by atoms with E-state index in [4.69, 9.17) is 14.5 Å². The maximum Gasteiger partial charge on any atom is 0.254 e. The van der Waals surface area contributed by atoms with Crippen LogP contribution in [0, 0.1) is 0 Å². The summed E-state index contributed by atoms with van der Waals surface area (Å²) >= 11 is 1.59. The van der Waals surface area contributed by atoms with Gasteiger partial charge in [0.25, 0.3) is 5.91 Å². The van der Waals surface area contributed by atoms with Gasteiger partial charge in [-0.3, -0.25) is 9.20 Å². The summed E-state index contributed by atoms with van der Waals surface area (Å²) in [6.45, 7) is 2.50. The van der Waals surface area contributed by atoms with Crippen molar-refractivity contribution in [1.29, 1.82) is 0 Å². The molecule has 0 radical (unpaired) electrons. The third-order valence-corrected chi connectivity index (χ3v) is 6.02. The van der Waals surface area contributed by atoms with Crippen LogP contribution in [0.3, 0.4) is 0 Å². The van der Waals surface area contributed by atoms with Crippen molar-refractivity contribution in [2.45, 2.75) is 0 Å². The van der Waals surface area contributed by atoms with Crippen molar-refractivity contribution in [2.24, 2.45) is 0 Å². The number of ether oxygens (including phenoxy) is 2. The van der Waals surface area contributed by atoms with Crippen LogP contribution < -0.4 is 4.74 Å². The molecule has 0 atom stereocenters. The Labute approximate surface area is 165 Å². The van der Waals surface area contributed by atoms with Crippen LogP contribution in [0.15, 0.2) is 48.7 Å². The van der Waals surface area contributed by atoms with E-state index in [2.05, 4.69) is 4.40 Å². The first-order chi connectivity index (χ1) is 13.7. The zero-order valence-corrected chi connectivity index (χ0v) is 16.2. The Balaban J connectivity index is 1.51. The van der Waals surface area contributed by atoms with Gasteiger partial charge in [-0.15, -0.1) is 0 Å². The highest BCUT2D eigenvalue weighted by atomic mass is 32.1. The van der Waals surface area contributed by atoms with Crippen molar-refractivity contribution in [3.8, 4) is 17.0 Å². The molecule has 0 bridgehead atoms. The Kier molecular flexibility index (Phi) is 4.26. The Bertz CT molecular complexity index is 1170. The van der Waals surface area contributed by atoms with Gasteiger partial charge in [0.15, 0.2) is 4.96 Å². The van der Waals surface area contributed by atoms with E-state index in [-0.39, 0.29) is 5.91 Å². The average Bonchev–Trinajstić information content (AvgIpc) is 3.31. The fourth-order valence-corrected chi connectivity index (χ4v) is 4.55. The molecule has 6 nitrogen and oxygen atoms in total. The van der Waals surface area contributed by atoms with Crippen LogP contribution >= 0.6 is 11.3 Å². The van der Waals surface area contributed by atoms with E-state index in [1.807, 2.05) is 53.6 Å². The molecule has 2 aromatic heterocycles. The molecule has 0 saturated carbocycles. The fraction of sp³-hybridized carbons (Fsp3) is 0.238. The summed E-state index contributed by atoms with van der Waals surface area (Å²) in [7, 11) is 1.66. The van der Waals surface area contributed by atoms with Gasteiger partial charge in [0.05, 0.1) is 36.2 Å². The monoisotopic (exact) mass is 393 g/mol. The molecule has 28 heavy (non-hydrogen) atoms. The summed E-state index contributed by atoms with van der Waals surface area (Å²) < 4.78 is 13.8. The number of amides is 1. The van der Waals surface area contributed by atoms with Gasteiger partial charge in [-0.1, -0.05) is 23.5 Å². The minimum Gasteiger partial charge on any atom is -0.497 e. The zero-order valence-electron chi connectivity index (χ0n) is 15.4. The molecule has 7 heteroatoms. The SMILES string of the molecule is COc1cccc(-c2cn3c(n2)sc2cc(C(=O)N4CCOCC4)ccc23)c1. The number of aromatic nitrogens is 2. The lowest BCUT2D eigenvalue weighted by molar-refractivity contribution is 0.0303. The summed E-state index contributed by atoms with van der Waals surface area (Å²) in [5, 5.41) is 0. The Morgan fingerprint density at radius 3 is 2.86 bits per heavy atom. The summed E-state index contributed by atoms with van der Waals surface area (Å²) in [5.74, 6) is 0.873. The Morgan fingerprint density at radius 1 is 1.18 bits per heavy atom.